The molecular weight excluding hydrogens is 188 g/mol. The first kappa shape index (κ1) is 11.7. The van der Waals surface area contributed by atoms with Gasteiger partial charge in [0, 0.05) is 5.56 Å². The first-order chi connectivity index (χ1) is 5.61. The molecule has 0 saturated heterocycles. The van der Waals surface area contributed by atoms with Gasteiger partial charge in [0.15, 0.2) is 5.78 Å². The molecule has 0 amide bonds. The van der Waals surface area contributed by atoms with E-state index in [2.05, 4.69) is 0 Å². The van der Waals surface area contributed by atoms with E-state index in [0.717, 1.165) is 0 Å². The Bertz CT molecular complexity index is 283. The Morgan fingerprint density at radius 2 is 1.46 bits per heavy atom. The Hall–Kier alpha value is -1.29. The van der Waals surface area contributed by atoms with Gasteiger partial charge in [-0.15, -0.1) is 0 Å². The first-order valence-corrected chi connectivity index (χ1v) is 3.45. The fraction of sp³-hybridized carbons (Fsp3) is 0.111. The number of carbonyl (C=O) groups is 2. The molecule has 1 N–H and O–H groups in total. The Balaban J connectivity index is 0.00000144. The first-order valence-electron chi connectivity index (χ1n) is 3.45. The monoisotopic (exact) mass is 198 g/mol. The highest BCUT2D eigenvalue weighted by Gasteiger charge is 2.02. The van der Waals surface area contributed by atoms with Crippen LogP contribution in [0.4, 0.5) is 0 Å². The van der Waals surface area contributed by atoms with Crippen LogP contribution in [0.3, 0.4) is 0 Å². The average molecular weight is 198 g/mol. The molecule has 1 rings (SSSR count). The van der Waals surface area contributed by atoms with Gasteiger partial charge in [-0.05, 0) is 19.1 Å². The van der Waals surface area contributed by atoms with Gasteiger partial charge in [-0.2, -0.15) is 13.5 Å². The van der Waals surface area contributed by atoms with Crippen LogP contribution in [0.2, 0.25) is 0 Å². The highest BCUT2D eigenvalue weighted by atomic mass is 32.1. The largest absolute Gasteiger partial charge is 0.478 e. The molecule has 0 aliphatic carbocycles. The minimum absolute atomic E-state index is 0. The number of ketones is 1. The second-order valence-corrected chi connectivity index (χ2v) is 2.44. The summed E-state index contributed by atoms with van der Waals surface area (Å²) in [4.78, 5) is 21.2. The van der Waals surface area contributed by atoms with E-state index in [0.29, 0.717) is 5.56 Å². The fourth-order valence-corrected chi connectivity index (χ4v) is 0.848. The summed E-state index contributed by atoms with van der Waals surface area (Å²) in [6, 6.07) is 5.84. The van der Waals surface area contributed by atoms with Gasteiger partial charge >= 0.3 is 5.97 Å². The van der Waals surface area contributed by atoms with Crippen LogP contribution in [-0.2, 0) is 0 Å². The van der Waals surface area contributed by atoms with E-state index in [1.807, 2.05) is 0 Å². The smallest absolute Gasteiger partial charge is 0.335 e. The Kier molecular flexibility index (Phi) is 4.20. The zero-order valence-corrected chi connectivity index (χ0v) is 8.07. The summed E-state index contributed by atoms with van der Waals surface area (Å²) in [7, 11) is 0. The number of carboxylic acids is 1. The van der Waals surface area contributed by atoms with Crippen LogP contribution >= 0.6 is 13.5 Å². The topological polar surface area (TPSA) is 54.4 Å². The average Bonchev–Trinajstić information content (AvgIpc) is 2.04. The van der Waals surface area contributed by atoms with Crippen molar-refractivity contribution in [3.05, 3.63) is 35.4 Å². The van der Waals surface area contributed by atoms with E-state index in [9.17, 15) is 9.59 Å². The summed E-state index contributed by atoms with van der Waals surface area (Å²) in [6.07, 6.45) is 0. The van der Waals surface area contributed by atoms with Crippen molar-refractivity contribution in [2.24, 2.45) is 0 Å². The molecule has 0 saturated carbocycles. The molecular formula is C9H10O3S. The highest BCUT2D eigenvalue weighted by molar-refractivity contribution is 7.59. The summed E-state index contributed by atoms with van der Waals surface area (Å²) in [6.45, 7) is 1.44. The summed E-state index contributed by atoms with van der Waals surface area (Å²) >= 11 is 0. The Morgan fingerprint density at radius 3 is 1.77 bits per heavy atom. The van der Waals surface area contributed by atoms with Crippen molar-refractivity contribution in [1.82, 2.24) is 0 Å². The van der Waals surface area contributed by atoms with Gasteiger partial charge in [-0.25, -0.2) is 4.79 Å². The third kappa shape index (κ3) is 2.91. The number of carboxylic acid groups (broad SMARTS) is 1. The van der Waals surface area contributed by atoms with E-state index in [1.165, 1.54) is 31.2 Å². The van der Waals surface area contributed by atoms with Crippen molar-refractivity contribution in [3.63, 3.8) is 0 Å². The van der Waals surface area contributed by atoms with Crippen LogP contribution in [0.1, 0.15) is 27.6 Å². The molecule has 3 nitrogen and oxygen atoms in total. The standard InChI is InChI=1S/C9H8O3.H2S/c1-6(10)7-2-4-8(5-3-7)9(11)12;/h2-5H,1H3,(H,11,12);1H2. The lowest BCUT2D eigenvalue weighted by Crippen LogP contribution is -1.97. The molecule has 13 heavy (non-hydrogen) atoms. The number of hydrogen-bond donors (Lipinski definition) is 1. The number of rotatable bonds is 2. The quantitative estimate of drug-likeness (QED) is 0.736. The van der Waals surface area contributed by atoms with Crippen molar-refractivity contribution >= 4 is 25.2 Å². The number of benzene rings is 1. The third-order valence-corrected chi connectivity index (χ3v) is 1.54. The number of hydrogen-bond acceptors (Lipinski definition) is 2. The maximum atomic E-state index is 10.8. The van der Waals surface area contributed by atoms with E-state index in [1.54, 1.807) is 0 Å². The molecule has 0 radical (unpaired) electrons. The van der Waals surface area contributed by atoms with Crippen molar-refractivity contribution in [2.45, 2.75) is 6.92 Å². The van der Waals surface area contributed by atoms with Crippen LogP contribution in [0, 0.1) is 0 Å². The lowest BCUT2D eigenvalue weighted by molar-refractivity contribution is 0.0696. The van der Waals surface area contributed by atoms with E-state index in [-0.39, 0.29) is 24.8 Å². The molecule has 0 fully saturated rings. The van der Waals surface area contributed by atoms with Crippen LogP contribution in [0.5, 0.6) is 0 Å². The Morgan fingerprint density at radius 1 is 1.08 bits per heavy atom. The molecule has 0 aromatic heterocycles. The second kappa shape index (κ2) is 4.67. The van der Waals surface area contributed by atoms with Crippen molar-refractivity contribution < 1.29 is 14.7 Å². The highest BCUT2D eigenvalue weighted by Crippen LogP contribution is 2.04. The molecule has 0 unspecified atom stereocenters. The van der Waals surface area contributed by atoms with Gasteiger partial charge < -0.3 is 5.11 Å². The SMILES string of the molecule is CC(=O)c1ccc(C(=O)O)cc1.S. The zero-order valence-electron chi connectivity index (χ0n) is 7.07. The Labute approximate surface area is 82.8 Å². The molecule has 1 aromatic carbocycles. The van der Waals surface area contributed by atoms with Crippen LogP contribution in [-0.4, -0.2) is 16.9 Å². The molecule has 4 heteroatoms. The molecule has 0 aliphatic rings. The predicted molar refractivity (Wildman–Crippen MR) is 53.8 cm³/mol. The van der Waals surface area contributed by atoms with Gasteiger partial charge in [0.1, 0.15) is 0 Å². The van der Waals surface area contributed by atoms with Gasteiger partial charge in [0.05, 0.1) is 5.56 Å². The minimum Gasteiger partial charge on any atom is -0.478 e. The molecule has 0 bridgehead atoms. The molecule has 1 aromatic rings. The zero-order chi connectivity index (χ0) is 9.14. The van der Waals surface area contributed by atoms with Gasteiger partial charge in [-0.1, -0.05) is 12.1 Å². The van der Waals surface area contributed by atoms with Crippen LogP contribution in [0.15, 0.2) is 24.3 Å². The van der Waals surface area contributed by atoms with Crippen LogP contribution < -0.4 is 0 Å². The van der Waals surface area contributed by atoms with Crippen molar-refractivity contribution in [1.29, 1.82) is 0 Å². The normalized spacial score (nSPS) is 8.69. The summed E-state index contributed by atoms with van der Waals surface area (Å²) in [5.41, 5.74) is 0.722. The molecule has 0 aliphatic heterocycles. The lowest BCUT2D eigenvalue weighted by Gasteiger charge is -1.95. The maximum Gasteiger partial charge on any atom is 0.335 e. The lowest BCUT2D eigenvalue weighted by atomic mass is 10.1. The summed E-state index contributed by atoms with van der Waals surface area (Å²) in [5.74, 6) is -1.04. The van der Waals surface area contributed by atoms with Crippen molar-refractivity contribution in [2.75, 3.05) is 0 Å². The molecule has 0 atom stereocenters. The van der Waals surface area contributed by atoms with Crippen molar-refractivity contribution in [3.8, 4) is 0 Å². The van der Waals surface area contributed by atoms with Crippen LogP contribution in [0.25, 0.3) is 0 Å². The third-order valence-electron chi connectivity index (χ3n) is 1.54. The van der Waals surface area contributed by atoms with Gasteiger partial charge in [0.2, 0.25) is 0 Å². The molecule has 70 valence electrons. The number of carbonyl (C=O) groups excluding carboxylic acids is 1. The van der Waals surface area contributed by atoms with E-state index < -0.39 is 5.97 Å². The molecule has 0 heterocycles. The predicted octanol–water partition coefficient (Wildman–Crippen LogP) is 1.70. The summed E-state index contributed by atoms with van der Waals surface area (Å²) in [5, 5.41) is 8.53. The minimum atomic E-state index is -0.981. The fourth-order valence-electron chi connectivity index (χ4n) is 0.848. The van der Waals surface area contributed by atoms with E-state index in [4.69, 9.17) is 5.11 Å². The van der Waals surface area contributed by atoms with E-state index >= 15 is 0 Å². The van der Waals surface area contributed by atoms with Gasteiger partial charge in [-0.3, -0.25) is 4.79 Å². The van der Waals surface area contributed by atoms with Gasteiger partial charge in [0.25, 0.3) is 0 Å². The summed E-state index contributed by atoms with van der Waals surface area (Å²) < 4.78 is 0. The maximum absolute atomic E-state index is 10.8. The number of aromatic carboxylic acids is 1. The molecule has 0 spiro atoms. The second-order valence-electron chi connectivity index (χ2n) is 2.44. The number of Topliss-reactive ketones (excluding diaryl/α,β-unsaturated/α-hetero) is 1.